The third-order valence-electron chi connectivity index (χ3n) is 4.14. The van der Waals surface area contributed by atoms with Crippen LogP contribution in [0.25, 0.3) is 11.4 Å². The van der Waals surface area contributed by atoms with Crippen molar-refractivity contribution in [2.45, 2.75) is 19.3 Å². The van der Waals surface area contributed by atoms with E-state index < -0.39 is 0 Å². The molecule has 7 nitrogen and oxygen atoms in total. The third-order valence-corrected chi connectivity index (χ3v) is 4.14. The van der Waals surface area contributed by atoms with Crippen LogP contribution in [0.15, 0.2) is 34.9 Å². The van der Waals surface area contributed by atoms with Gasteiger partial charge in [0.05, 0.1) is 13.2 Å². The molecule has 0 bridgehead atoms. The van der Waals surface area contributed by atoms with Crippen LogP contribution in [0.3, 0.4) is 0 Å². The molecular formula is C18H24N4O3. The number of rotatable bonds is 8. The summed E-state index contributed by atoms with van der Waals surface area (Å²) < 4.78 is 10.5. The molecule has 1 aromatic heterocycles. The SMILES string of the molecule is O=C(CCc1nc(-c2ccccc2)no1)NCCCN1CCOCC1. The van der Waals surface area contributed by atoms with Crippen LogP contribution in [0.2, 0.25) is 0 Å². The number of nitrogens with zero attached hydrogens (tertiary/aromatic N) is 3. The minimum Gasteiger partial charge on any atom is -0.379 e. The Balaban J connectivity index is 1.33. The number of ether oxygens (including phenoxy) is 1. The molecule has 0 spiro atoms. The van der Waals surface area contributed by atoms with Crippen LogP contribution >= 0.6 is 0 Å². The first-order valence-electron chi connectivity index (χ1n) is 8.76. The van der Waals surface area contributed by atoms with Crippen LogP contribution in [0.5, 0.6) is 0 Å². The Kier molecular flexibility index (Phi) is 6.53. The van der Waals surface area contributed by atoms with Crippen molar-refractivity contribution < 1.29 is 14.1 Å². The largest absolute Gasteiger partial charge is 0.379 e. The Morgan fingerprint density at radius 1 is 1.20 bits per heavy atom. The van der Waals surface area contributed by atoms with E-state index in [2.05, 4.69) is 20.4 Å². The molecule has 0 aliphatic carbocycles. The van der Waals surface area contributed by atoms with E-state index in [4.69, 9.17) is 9.26 Å². The van der Waals surface area contributed by atoms with Gasteiger partial charge in [0.1, 0.15) is 0 Å². The lowest BCUT2D eigenvalue weighted by atomic mass is 10.2. The van der Waals surface area contributed by atoms with Crippen molar-refractivity contribution in [3.8, 4) is 11.4 Å². The van der Waals surface area contributed by atoms with E-state index >= 15 is 0 Å². The highest BCUT2D eigenvalue weighted by atomic mass is 16.5. The van der Waals surface area contributed by atoms with Crippen molar-refractivity contribution in [2.75, 3.05) is 39.4 Å². The molecule has 0 unspecified atom stereocenters. The lowest BCUT2D eigenvalue weighted by Crippen LogP contribution is -2.38. The van der Waals surface area contributed by atoms with Crippen molar-refractivity contribution in [3.63, 3.8) is 0 Å². The van der Waals surface area contributed by atoms with Gasteiger partial charge in [-0.15, -0.1) is 0 Å². The standard InChI is InChI=1S/C18H24N4O3/c23-16(19-9-4-10-22-11-13-24-14-12-22)7-8-17-20-18(21-25-17)15-5-2-1-3-6-15/h1-3,5-6H,4,7-14H2,(H,19,23). The zero-order valence-corrected chi connectivity index (χ0v) is 14.3. The molecule has 7 heteroatoms. The number of benzene rings is 1. The number of hydrogen-bond acceptors (Lipinski definition) is 6. The smallest absolute Gasteiger partial charge is 0.227 e. The molecule has 1 aliphatic heterocycles. The normalized spacial score (nSPS) is 15.2. The first-order valence-corrected chi connectivity index (χ1v) is 8.76. The maximum absolute atomic E-state index is 11.9. The highest BCUT2D eigenvalue weighted by Crippen LogP contribution is 2.15. The van der Waals surface area contributed by atoms with Gasteiger partial charge in [0.2, 0.25) is 17.6 Å². The molecule has 0 radical (unpaired) electrons. The monoisotopic (exact) mass is 344 g/mol. The summed E-state index contributed by atoms with van der Waals surface area (Å²) in [6, 6.07) is 9.64. The van der Waals surface area contributed by atoms with Crippen molar-refractivity contribution in [1.29, 1.82) is 0 Å². The number of morpholine rings is 1. The first-order chi connectivity index (χ1) is 12.3. The van der Waals surface area contributed by atoms with Gasteiger partial charge in [-0.25, -0.2) is 0 Å². The van der Waals surface area contributed by atoms with Crippen LogP contribution in [0.4, 0.5) is 0 Å². The molecule has 0 atom stereocenters. The maximum Gasteiger partial charge on any atom is 0.227 e. The molecule has 1 amide bonds. The summed E-state index contributed by atoms with van der Waals surface area (Å²) >= 11 is 0. The van der Waals surface area contributed by atoms with E-state index in [1.54, 1.807) is 0 Å². The van der Waals surface area contributed by atoms with Crippen molar-refractivity contribution >= 4 is 5.91 Å². The molecule has 2 aromatic rings. The average molecular weight is 344 g/mol. The molecule has 2 heterocycles. The Labute approximate surface area is 147 Å². The van der Waals surface area contributed by atoms with Crippen LogP contribution < -0.4 is 5.32 Å². The van der Waals surface area contributed by atoms with Crippen molar-refractivity contribution in [3.05, 3.63) is 36.2 Å². The van der Waals surface area contributed by atoms with Crippen molar-refractivity contribution in [2.24, 2.45) is 0 Å². The number of hydrogen-bond donors (Lipinski definition) is 1. The topological polar surface area (TPSA) is 80.5 Å². The summed E-state index contributed by atoms with van der Waals surface area (Å²) in [7, 11) is 0. The molecule has 1 fully saturated rings. The molecule has 0 saturated carbocycles. The second-order valence-electron chi connectivity index (χ2n) is 6.04. The lowest BCUT2D eigenvalue weighted by Gasteiger charge is -2.26. The number of aryl methyl sites for hydroxylation is 1. The van der Waals surface area contributed by atoms with Gasteiger partial charge in [-0.2, -0.15) is 4.98 Å². The summed E-state index contributed by atoms with van der Waals surface area (Å²) in [6.07, 6.45) is 1.76. The fraction of sp³-hybridized carbons (Fsp3) is 0.500. The van der Waals surface area contributed by atoms with Gasteiger partial charge in [0.15, 0.2) is 0 Å². The molecule has 1 aromatic carbocycles. The second kappa shape index (κ2) is 9.29. The van der Waals surface area contributed by atoms with Gasteiger partial charge in [-0.3, -0.25) is 9.69 Å². The summed E-state index contributed by atoms with van der Waals surface area (Å²) in [5, 5.41) is 6.90. The number of carbonyl (C=O) groups is 1. The van der Waals surface area contributed by atoms with Crippen LogP contribution in [-0.4, -0.2) is 60.3 Å². The van der Waals surface area contributed by atoms with Gasteiger partial charge in [-0.05, 0) is 13.0 Å². The Bertz CT molecular complexity index is 653. The summed E-state index contributed by atoms with van der Waals surface area (Å²) in [5.41, 5.74) is 0.907. The fourth-order valence-corrected chi connectivity index (χ4v) is 2.72. The first kappa shape index (κ1) is 17.6. The molecule has 25 heavy (non-hydrogen) atoms. The third kappa shape index (κ3) is 5.65. The van der Waals surface area contributed by atoms with E-state index in [-0.39, 0.29) is 5.91 Å². The number of amides is 1. The van der Waals surface area contributed by atoms with Gasteiger partial charge >= 0.3 is 0 Å². The Morgan fingerprint density at radius 2 is 2.00 bits per heavy atom. The van der Waals surface area contributed by atoms with E-state index in [1.165, 1.54) is 0 Å². The minimum atomic E-state index is 0.0152. The van der Waals surface area contributed by atoms with Crippen LogP contribution in [0.1, 0.15) is 18.7 Å². The molecule has 1 aliphatic rings. The molecule has 1 saturated heterocycles. The molecule has 3 rings (SSSR count). The highest BCUT2D eigenvalue weighted by molar-refractivity contribution is 5.75. The average Bonchev–Trinajstić information content (AvgIpc) is 3.14. The Morgan fingerprint density at radius 3 is 2.80 bits per heavy atom. The summed E-state index contributed by atoms with van der Waals surface area (Å²) in [4.78, 5) is 18.6. The number of aromatic nitrogens is 2. The second-order valence-corrected chi connectivity index (χ2v) is 6.04. The Hall–Kier alpha value is -2.25. The molecule has 134 valence electrons. The van der Waals surface area contributed by atoms with E-state index in [9.17, 15) is 4.79 Å². The predicted molar refractivity (Wildman–Crippen MR) is 92.9 cm³/mol. The van der Waals surface area contributed by atoms with Crippen LogP contribution in [-0.2, 0) is 16.0 Å². The zero-order valence-electron chi connectivity index (χ0n) is 14.3. The lowest BCUT2D eigenvalue weighted by molar-refractivity contribution is -0.121. The van der Waals surface area contributed by atoms with Crippen molar-refractivity contribution in [1.82, 2.24) is 20.4 Å². The van der Waals surface area contributed by atoms with Crippen LogP contribution in [0, 0.1) is 0 Å². The molecular weight excluding hydrogens is 320 g/mol. The predicted octanol–water partition coefficient (Wildman–Crippen LogP) is 1.51. The van der Waals surface area contributed by atoms with Gasteiger partial charge in [-0.1, -0.05) is 35.5 Å². The quantitative estimate of drug-likeness (QED) is 0.731. The number of carbonyl (C=O) groups excluding carboxylic acids is 1. The van der Waals surface area contributed by atoms with E-state index in [1.807, 2.05) is 30.3 Å². The van der Waals surface area contributed by atoms with E-state index in [0.717, 1.165) is 44.8 Å². The van der Waals surface area contributed by atoms with E-state index in [0.29, 0.717) is 31.1 Å². The number of nitrogens with one attached hydrogen (secondary N) is 1. The molecule has 1 N–H and O–H groups in total. The summed E-state index contributed by atoms with van der Waals surface area (Å²) in [5.74, 6) is 1.06. The highest BCUT2D eigenvalue weighted by Gasteiger charge is 2.11. The van der Waals surface area contributed by atoms with Gasteiger partial charge in [0, 0.05) is 38.0 Å². The zero-order chi connectivity index (χ0) is 17.3. The summed E-state index contributed by atoms with van der Waals surface area (Å²) in [6.45, 7) is 5.26. The van der Waals surface area contributed by atoms with Gasteiger partial charge < -0.3 is 14.6 Å². The van der Waals surface area contributed by atoms with Gasteiger partial charge in [0.25, 0.3) is 0 Å². The minimum absolute atomic E-state index is 0.0152. The fourth-order valence-electron chi connectivity index (χ4n) is 2.72. The maximum atomic E-state index is 11.9.